The van der Waals surface area contributed by atoms with Crippen LogP contribution >= 0.6 is 0 Å². The van der Waals surface area contributed by atoms with Gasteiger partial charge in [0.2, 0.25) is 5.91 Å². The normalized spacial score (nSPS) is 28.2. The number of benzene rings is 1. The van der Waals surface area contributed by atoms with Gasteiger partial charge in [-0.3, -0.25) is 4.79 Å². The molecule has 2 aliphatic rings. The number of carbonyl (C=O) groups excluding carboxylic acids is 1. The molecule has 3 atom stereocenters. The zero-order valence-corrected chi connectivity index (χ0v) is 13.1. The number of nitrogens with zero attached hydrogens (tertiary/aromatic N) is 1. The maximum Gasteiger partial charge on any atom is 0.227 e. The summed E-state index contributed by atoms with van der Waals surface area (Å²) in [7, 11) is 0. The van der Waals surface area contributed by atoms with Crippen LogP contribution in [0.5, 0.6) is 0 Å². The minimum absolute atomic E-state index is 0.0592. The summed E-state index contributed by atoms with van der Waals surface area (Å²) in [6, 6.07) is 10.3. The maximum atomic E-state index is 12.5. The smallest absolute Gasteiger partial charge is 0.227 e. The molecule has 4 heteroatoms. The summed E-state index contributed by atoms with van der Waals surface area (Å²) < 4.78 is 5.82. The first-order chi connectivity index (χ1) is 10.7. The number of rotatable bonds is 5. The first-order valence-electron chi connectivity index (χ1n) is 8.40. The van der Waals surface area contributed by atoms with Crippen LogP contribution in [0.4, 0.5) is 0 Å². The Balaban J connectivity index is 1.41. The highest BCUT2D eigenvalue weighted by molar-refractivity contribution is 5.80. The molecule has 1 heterocycles. The van der Waals surface area contributed by atoms with Crippen molar-refractivity contribution >= 4 is 5.91 Å². The van der Waals surface area contributed by atoms with E-state index in [-0.39, 0.29) is 17.9 Å². The molecule has 1 aliphatic carbocycles. The predicted octanol–water partition coefficient (Wildman–Crippen LogP) is 2.18. The van der Waals surface area contributed by atoms with Crippen molar-refractivity contribution in [2.45, 2.75) is 38.3 Å². The third-order valence-electron chi connectivity index (χ3n) is 4.95. The summed E-state index contributed by atoms with van der Waals surface area (Å²) in [6.45, 7) is 3.08. The number of amides is 1. The molecule has 1 aromatic rings. The van der Waals surface area contributed by atoms with Gasteiger partial charge in [-0.1, -0.05) is 36.8 Å². The zero-order chi connectivity index (χ0) is 15.4. The molecule has 0 bridgehead atoms. The summed E-state index contributed by atoms with van der Waals surface area (Å²) in [4.78, 5) is 14.5. The summed E-state index contributed by atoms with van der Waals surface area (Å²) >= 11 is 0. The largest absolute Gasteiger partial charge is 0.376 e. The van der Waals surface area contributed by atoms with Crippen LogP contribution in [-0.2, 0) is 16.1 Å². The highest BCUT2D eigenvalue weighted by Gasteiger charge is 2.36. The molecule has 1 saturated heterocycles. The molecule has 0 spiro atoms. The van der Waals surface area contributed by atoms with Crippen molar-refractivity contribution in [3.8, 4) is 0 Å². The first-order valence-corrected chi connectivity index (χ1v) is 8.40. The van der Waals surface area contributed by atoms with Gasteiger partial charge in [0.1, 0.15) is 0 Å². The van der Waals surface area contributed by atoms with Crippen LogP contribution in [0, 0.1) is 11.8 Å². The lowest BCUT2D eigenvalue weighted by Crippen LogP contribution is -2.40. The molecule has 22 heavy (non-hydrogen) atoms. The Morgan fingerprint density at radius 2 is 2.05 bits per heavy atom. The summed E-state index contributed by atoms with van der Waals surface area (Å²) in [5.41, 5.74) is 7.25. The van der Waals surface area contributed by atoms with Gasteiger partial charge < -0.3 is 15.4 Å². The van der Waals surface area contributed by atoms with Gasteiger partial charge in [-0.25, -0.2) is 0 Å². The highest BCUT2D eigenvalue weighted by Crippen LogP contribution is 2.28. The predicted molar refractivity (Wildman–Crippen MR) is 86.1 cm³/mol. The van der Waals surface area contributed by atoms with Crippen molar-refractivity contribution in [3.63, 3.8) is 0 Å². The number of carbonyl (C=O) groups is 1. The Labute approximate surface area is 132 Å². The van der Waals surface area contributed by atoms with Gasteiger partial charge in [-0.05, 0) is 24.8 Å². The van der Waals surface area contributed by atoms with Crippen LogP contribution in [0.15, 0.2) is 30.3 Å². The van der Waals surface area contributed by atoms with Crippen LogP contribution in [-0.4, -0.2) is 36.5 Å². The van der Waals surface area contributed by atoms with Crippen molar-refractivity contribution < 1.29 is 9.53 Å². The number of hydrogen-bond donors (Lipinski definition) is 1. The molecule has 1 amide bonds. The van der Waals surface area contributed by atoms with Crippen LogP contribution in [0.3, 0.4) is 0 Å². The third-order valence-corrected chi connectivity index (χ3v) is 4.95. The van der Waals surface area contributed by atoms with Gasteiger partial charge in [0.05, 0.1) is 19.1 Å². The molecule has 0 aromatic heterocycles. The fourth-order valence-electron chi connectivity index (χ4n) is 3.62. The van der Waals surface area contributed by atoms with E-state index in [1.165, 1.54) is 5.56 Å². The van der Waals surface area contributed by atoms with Crippen LogP contribution < -0.4 is 5.73 Å². The first kappa shape index (κ1) is 15.5. The Hall–Kier alpha value is -1.39. The van der Waals surface area contributed by atoms with Gasteiger partial charge in [-0.2, -0.15) is 0 Å². The molecule has 3 rings (SSSR count). The molecular formula is C18H26N2O2. The minimum atomic E-state index is 0.0592. The van der Waals surface area contributed by atoms with Crippen molar-refractivity contribution in [1.82, 2.24) is 4.90 Å². The standard InChI is InChI=1S/C18H26N2O2/c19-17-8-4-7-16(17)18(21)20-10-9-15(11-20)13-22-12-14-5-2-1-3-6-14/h1-3,5-6,15-17H,4,7-13,19H2/t15-,16-,17-/m1/s1. The molecule has 1 aromatic carbocycles. The van der Waals surface area contributed by atoms with Crippen molar-refractivity contribution in [3.05, 3.63) is 35.9 Å². The van der Waals surface area contributed by atoms with E-state index < -0.39 is 0 Å². The molecular weight excluding hydrogens is 276 g/mol. The van der Waals surface area contributed by atoms with E-state index in [9.17, 15) is 4.79 Å². The third kappa shape index (κ3) is 3.68. The quantitative estimate of drug-likeness (QED) is 0.907. The van der Waals surface area contributed by atoms with E-state index in [0.717, 1.165) is 45.4 Å². The number of nitrogens with two attached hydrogens (primary N) is 1. The molecule has 2 fully saturated rings. The number of ether oxygens (including phenoxy) is 1. The molecule has 1 saturated carbocycles. The molecule has 120 valence electrons. The lowest BCUT2D eigenvalue weighted by Gasteiger charge is -2.23. The SMILES string of the molecule is N[C@@H]1CCC[C@H]1C(=O)N1CC[C@@H](COCc2ccccc2)C1. The van der Waals surface area contributed by atoms with E-state index >= 15 is 0 Å². The van der Waals surface area contributed by atoms with Crippen molar-refractivity contribution in [1.29, 1.82) is 0 Å². The second-order valence-electron chi connectivity index (χ2n) is 6.64. The van der Waals surface area contributed by atoms with E-state index in [0.29, 0.717) is 12.5 Å². The average molecular weight is 302 g/mol. The van der Waals surface area contributed by atoms with E-state index in [1.807, 2.05) is 23.1 Å². The Kier molecular flexibility index (Phi) is 5.11. The summed E-state index contributed by atoms with van der Waals surface area (Å²) in [5.74, 6) is 0.796. The Bertz CT molecular complexity index is 491. The Morgan fingerprint density at radius 1 is 1.23 bits per heavy atom. The van der Waals surface area contributed by atoms with Gasteiger partial charge in [-0.15, -0.1) is 0 Å². The van der Waals surface area contributed by atoms with E-state index in [2.05, 4.69) is 12.1 Å². The molecule has 2 N–H and O–H groups in total. The van der Waals surface area contributed by atoms with E-state index in [4.69, 9.17) is 10.5 Å². The molecule has 0 radical (unpaired) electrons. The van der Waals surface area contributed by atoms with Gasteiger partial charge in [0.15, 0.2) is 0 Å². The molecule has 0 unspecified atom stereocenters. The summed E-state index contributed by atoms with van der Waals surface area (Å²) in [6.07, 6.45) is 4.09. The van der Waals surface area contributed by atoms with Gasteiger partial charge in [0, 0.05) is 25.0 Å². The van der Waals surface area contributed by atoms with Crippen LogP contribution in [0.2, 0.25) is 0 Å². The topological polar surface area (TPSA) is 55.6 Å². The van der Waals surface area contributed by atoms with Gasteiger partial charge >= 0.3 is 0 Å². The molecule has 4 nitrogen and oxygen atoms in total. The van der Waals surface area contributed by atoms with Gasteiger partial charge in [0.25, 0.3) is 0 Å². The van der Waals surface area contributed by atoms with Crippen molar-refractivity contribution in [2.75, 3.05) is 19.7 Å². The number of likely N-dealkylation sites (tertiary alicyclic amines) is 1. The van der Waals surface area contributed by atoms with Crippen molar-refractivity contribution in [2.24, 2.45) is 17.6 Å². The lowest BCUT2D eigenvalue weighted by atomic mass is 10.0. The fourth-order valence-corrected chi connectivity index (χ4v) is 3.62. The van der Waals surface area contributed by atoms with Crippen LogP contribution in [0.25, 0.3) is 0 Å². The van der Waals surface area contributed by atoms with E-state index in [1.54, 1.807) is 0 Å². The highest BCUT2D eigenvalue weighted by atomic mass is 16.5. The minimum Gasteiger partial charge on any atom is -0.376 e. The number of hydrogen-bond acceptors (Lipinski definition) is 3. The lowest BCUT2D eigenvalue weighted by molar-refractivity contribution is -0.134. The molecule has 1 aliphatic heterocycles. The zero-order valence-electron chi connectivity index (χ0n) is 13.1. The second-order valence-corrected chi connectivity index (χ2v) is 6.64. The average Bonchev–Trinajstić information content (AvgIpc) is 3.17. The monoisotopic (exact) mass is 302 g/mol. The Morgan fingerprint density at radius 3 is 2.77 bits per heavy atom. The summed E-state index contributed by atoms with van der Waals surface area (Å²) in [5, 5.41) is 0. The maximum absolute atomic E-state index is 12.5. The van der Waals surface area contributed by atoms with Crippen LogP contribution in [0.1, 0.15) is 31.2 Å². The second kappa shape index (κ2) is 7.25. The fraction of sp³-hybridized carbons (Fsp3) is 0.611.